The van der Waals surface area contributed by atoms with Crippen LogP contribution in [-0.2, 0) is 10.0 Å². The normalized spacial score (nSPS) is 12.7. The Morgan fingerprint density at radius 1 is 1.37 bits per heavy atom. The van der Waals surface area contributed by atoms with Crippen molar-refractivity contribution in [2.75, 3.05) is 6.54 Å². The molecule has 0 fully saturated rings. The van der Waals surface area contributed by atoms with Gasteiger partial charge in [-0.05, 0) is 31.0 Å². The molecule has 0 aromatic heterocycles. The molecule has 0 aliphatic carbocycles. The van der Waals surface area contributed by atoms with Crippen molar-refractivity contribution in [2.24, 2.45) is 5.73 Å². The summed E-state index contributed by atoms with van der Waals surface area (Å²) in [4.78, 5) is -0.463. The Morgan fingerprint density at radius 3 is 2.47 bits per heavy atom. The first kappa shape index (κ1) is 16.4. The van der Waals surface area contributed by atoms with Crippen LogP contribution in [0.15, 0.2) is 23.1 Å². The Balaban J connectivity index is 2.96. The molecule has 0 aliphatic heterocycles. The van der Waals surface area contributed by atoms with E-state index < -0.39 is 26.3 Å². The lowest BCUT2D eigenvalue weighted by Gasteiger charge is -2.26. The molecule has 0 atom stereocenters. The van der Waals surface area contributed by atoms with Gasteiger partial charge in [-0.15, -0.1) is 0 Å². The predicted molar refractivity (Wildman–Crippen MR) is 74.1 cm³/mol. The van der Waals surface area contributed by atoms with Gasteiger partial charge in [-0.1, -0.05) is 25.4 Å². The Morgan fingerprint density at radius 2 is 1.95 bits per heavy atom. The summed E-state index contributed by atoms with van der Waals surface area (Å²) in [7, 11) is -3.96. The average Bonchev–Trinajstić information content (AvgIpc) is 2.39. The zero-order chi connectivity index (χ0) is 14.7. The summed E-state index contributed by atoms with van der Waals surface area (Å²) in [5, 5.41) is 0.159. The van der Waals surface area contributed by atoms with Gasteiger partial charge in [0.1, 0.15) is 10.7 Å². The summed E-state index contributed by atoms with van der Waals surface area (Å²) in [6.07, 6.45) is 1.23. The molecule has 19 heavy (non-hydrogen) atoms. The first-order chi connectivity index (χ1) is 8.74. The third kappa shape index (κ3) is 4.14. The van der Waals surface area contributed by atoms with Gasteiger partial charge >= 0.3 is 0 Å². The molecule has 0 spiro atoms. The second kappa shape index (κ2) is 6.17. The average molecular weight is 309 g/mol. The molecule has 0 amide bonds. The molecule has 0 saturated heterocycles. The molecule has 1 rings (SSSR count). The first-order valence-electron chi connectivity index (χ1n) is 5.97. The zero-order valence-electron chi connectivity index (χ0n) is 10.9. The highest BCUT2D eigenvalue weighted by molar-refractivity contribution is 7.89. The van der Waals surface area contributed by atoms with Gasteiger partial charge in [-0.3, -0.25) is 0 Å². The molecule has 0 bridgehead atoms. The van der Waals surface area contributed by atoms with E-state index in [2.05, 4.69) is 4.72 Å². The summed E-state index contributed by atoms with van der Waals surface area (Å²) >= 11 is 5.68. The number of halogens is 2. The van der Waals surface area contributed by atoms with E-state index in [4.69, 9.17) is 17.3 Å². The van der Waals surface area contributed by atoms with Gasteiger partial charge in [-0.25, -0.2) is 17.5 Å². The van der Waals surface area contributed by atoms with Gasteiger partial charge in [-0.2, -0.15) is 0 Å². The topological polar surface area (TPSA) is 72.2 Å². The summed E-state index contributed by atoms with van der Waals surface area (Å²) < 4.78 is 39.9. The number of hydrogen-bond donors (Lipinski definition) is 2. The molecule has 7 heteroatoms. The number of nitrogens with two attached hydrogens (primary N) is 1. The van der Waals surface area contributed by atoms with Crippen molar-refractivity contribution < 1.29 is 12.8 Å². The van der Waals surface area contributed by atoms with Crippen LogP contribution in [0.2, 0.25) is 5.02 Å². The van der Waals surface area contributed by atoms with Crippen molar-refractivity contribution >= 4 is 21.6 Å². The molecule has 1 aromatic rings. The maximum Gasteiger partial charge on any atom is 0.243 e. The summed E-state index contributed by atoms with van der Waals surface area (Å²) in [5.74, 6) is -0.840. The van der Waals surface area contributed by atoms with E-state index in [0.717, 1.165) is 12.1 Å². The van der Waals surface area contributed by atoms with Crippen molar-refractivity contribution in [3.63, 3.8) is 0 Å². The van der Waals surface area contributed by atoms with E-state index in [1.165, 1.54) is 6.07 Å². The zero-order valence-corrected chi connectivity index (χ0v) is 12.5. The van der Waals surface area contributed by atoms with E-state index in [0.29, 0.717) is 12.8 Å². The summed E-state index contributed by atoms with van der Waals surface area (Å²) in [6.45, 7) is 3.80. The highest BCUT2D eigenvalue weighted by Crippen LogP contribution is 2.20. The second-order valence-corrected chi connectivity index (χ2v) is 6.64. The quantitative estimate of drug-likeness (QED) is 0.847. The molecular weight excluding hydrogens is 291 g/mol. The molecule has 1 aromatic carbocycles. The Labute approximate surface area is 118 Å². The van der Waals surface area contributed by atoms with Gasteiger partial charge in [0.15, 0.2) is 0 Å². The van der Waals surface area contributed by atoms with Crippen molar-refractivity contribution in [3.8, 4) is 0 Å². The number of sulfonamides is 1. The SMILES string of the molecule is CCC(N)(CC)CNS(=O)(=O)c1cc(Cl)ccc1F. The van der Waals surface area contributed by atoms with Crippen LogP contribution in [0.3, 0.4) is 0 Å². The molecule has 0 aliphatic rings. The maximum atomic E-state index is 13.5. The first-order valence-corrected chi connectivity index (χ1v) is 7.84. The fourth-order valence-corrected chi connectivity index (χ4v) is 2.98. The lowest BCUT2D eigenvalue weighted by molar-refractivity contribution is 0.391. The smallest absolute Gasteiger partial charge is 0.243 e. The maximum absolute atomic E-state index is 13.5. The van der Waals surface area contributed by atoms with E-state index >= 15 is 0 Å². The van der Waals surface area contributed by atoms with Crippen LogP contribution in [-0.4, -0.2) is 20.5 Å². The molecule has 0 saturated carbocycles. The van der Waals surface area contributed by atoms with Crippen LogP contribution in [0.25, 0.3) is 0 Å². The third-order valence-electron chi connectivity index (χ3n) is 3.21. The largest absolute Gasteiger partial charge is 0.324 e. The van der Waals surface area contributed by atoms with Gasteiger partial charge < -0.3 is 5.73 Å². The number of rotatable bonds is 6. The van der Waals surface area contributed by atoms with Crippen LogP contribution in [0, 0.1) is 5.82 Å². The molecule has 108 valence electrons. The summed E-state index contributed by atoms with van der Waals surface area (Å²) in [6, 6.07) is 3.39. The Bertz CT molecular complexity index is 545. The van der Waals surface area contributed by atoms with Crippen molar-refractivity contribution in [2.45, 2.75) is 37.1 Å². The van der Waals surface area contributed by atoms with Gasteiger partial charge in [0.2, 0.25) is 10.0 Å². The number of nitrogens with one attached hydrogen (secondary N) is 1. The molecule has 0 unspecified atom stereocenters. The Hall–Kier alpha value is -0.690. The van der Waals surface area contributed by atoms with E-state index in [1.54, 1.807) is 0 Å². The molecule has 3 N–H and O–H groups in total. The van der Waals surface area contributed by atoms with Crippen molar-refractivity contribution in [3.05, 3.63) is 29.0 Å². The van der Waals surface area contributed by atoms with E-state index in [9.17, 15) is 12.8 Å². The van der Waals surface area contributed by atoms with Crippen LogP contribution in [0.4, 0.5) is 4.39 Å². The lowest BCUT2D eigenvalue weighted by atomic mass is 9.95. The minimum Gasteiger partial charge on any atom is -0.324 e. The van der Waals surface area contributed by atoms with Crippen LogP contribution >= 0.6 is 11.6 Å². The predicted octanol–water partition coefficient (Wildman–Crippen LogP) is 2.27. The highest BCUT2D eigenvalue weighted by Gasteiger charge is 2.25. The fraction of sp³-hybridized carbons (Fsp3) is 0.500. The summed E-state index contributed by atoms with van der Waals surface area (Å²) in [5.41, 5.74) is 5.37. The molecule has 0 radical (unpaired) electrons. The van der Waals surface area contributed by atoms with Gasteiger partial charge in [0.25, 0.3) is 0 Å². The molecule has 4 nitrogen and oxygen atoms in total. The lowest BCUT2D eigenvalue weighted by Crippen LogP contribution is -2.49. The standard InChI is InChI=1S/C12H18ClFN2O2S/c1-3-12(15,4-2)8-16-19(17,18)11-7-9(13)5-6-10(11)14/h5-7,16H,3-4,8,15H2,1-2H3. The van der Waals surface area contributed by atoms with Crippen molar-refractivity contribution in [1.82, 2.24) is 4.72 Å². The van der Waals surface area contributed by atoms with Gasteiger partial charge in [0.05, 0.1) is 0 Å². The second-order valence-electron chi connectivity index (χ2n) is 4.47. The van der Waals surface area contributed by atoms with E-state index in [-0.39, 0.29) is 11.6 Å². The highest BCUT2D eigenvalue weighted by atomic mass is 35.5. The van der Waals surface area contributed by atoms with Crippen LogP contribution in [0.5, 0.6) is 0 Å². The van der Waals surface area contributed by atoms with E-state index in [1.807, 2.05) is 13.8 Å². The molecule has 0 heterocycles. The number of benzene rings is 1. The Kier molecular flexibility index (Phi) is 5.32. The third-order valence-corrected chi connectivity index (χ3v) is 4.86. The van der Waals surface area contributed by atoms with Crippen molar-refractivity contribution in [1.29, 1.82) is 0 Å². The monoisotopic (exact) mass is 308 g/mol. The fourth-order valence-electron chi connectivity index (χ4n) is 1.50. The van der Waals surface area contributed by atoms with Crippen LogP contribution < -0.4 is 10.5 Å². The minimum atomic E-state index is -3.96. The number of hydrogen-bond acceptors (Lipinski definition) is 3. The van der Waals surface area contributed by atoms with Crippen LogP contribution in [0.1, 0.15) is 26.7 Å². The minimum absolute atomic E-state index is 0.0499. The molecular formula is C12H18ClFN2O2S. The van der Waals surface area contributed by atoms with Gasteiger partial charge in [0, 0.05) is 17.1 Å².